The molecule has 5 rings (SSSR count). The molecule has 0 unspecified atom stereocenters. The van der Waals surface area contributed by atoms with Gasteiger partial charge in [0.1, 0.15) is 5.82 Å². The van der Waals surface area contributed by atoms with Crippen LogP contribution in [0, 0.1) is 10.1 Å². The van der Waals surface area contributed by atoms with Crippen molar-refractivity contribution in [3.05, 3.63) is 142 Å². The van der Waals surface area contributed by atoms with Gasteiger partial charge in [-0.05, 0) is 40.5 Å². The molecule has 0 aliphatic carbocycles. The monoisotopic (exact) mass is 525 g/mol. The molecule has 0 amide bonds. The first-order chi connectivity index (χ1) is 18.8. The maximum Gasteiger partial charge on any atom is 0.416 e. The highest BCUT2D eigenvalue weighted by atomic mass is 19.4. The highest BCUT2D eigenvalue weighted by Gasteiger charge is 2.30. The summed E-state index contributed by atoms with van der Waals surface area (Å²) in [5.74, 6) is 0.689. The second kappa shape index (κ2) is 10.8. The molecule has 8 heteroatoms. The third kappa shape index (κ3) is 6.13. The van der Waals surface area contributed by atoms with E-state index < -0.39 is 16.7 Å². The third-order valence-electron chi connectivity index (χ3n) is 6.24. The van der Waals surface area contributed by atoms with E-state index in [-0.39, 0.29) is 5.69 Å². The van der Waals surface area contributed by atoms with Gasteiger partial charge >= 0.3 is 6.18 Å². The molecular formula is C31H22F3N3O2. The molecule has 0 bridgehead atoms. The van der Waals surface area contributed by atoms with Crippen molar-refractivity contribution in [2.75, 3.05) is 0 Å². The zero-order valence-electron chi connectivity index (χ0n) is 20.5. The first-order valence-electron chi connectivity index (χ1n) is 12.1. The minimum atomic E-state index is -4.40. The Morgan fingerprint density at radius 1 is 0.795 bits per heavy atom. The molecular weight excluding hydrogens is 503 g/mol. The number of hydrogen-bond acceptors (Lipinski definition) is 3. The number of alkyl halides is 3. The number of rotatable bonds is 7. The fourth-order valence-electron chi connectivity index (χ4n) is 4.19. The Morgan fingerprint density at radius 2 is 1.49 bits per heavy atom. The number of nitro groups is 1. The van der Waals surface area contributed by atoms with E-state index in [1.807, 2.05) is 65.4 Å². The van der Waals surface area contributed by atoms with Crippen molar-refractivity contribution in [2.24, 2.45) is 0 Å². The van der Waals surface area contributed by atoms with Crippen molar-refractivity contribution in [3.8, 4) is 22.4 Å². The highest BCUT2D eigenvalue weighted by molar-refractivity contribution is 5.72. The van der Waals surface area contributed by atoms with Crippen LogP contribution in [0.25, 0.3) is 34.5 Å². The Bertz CT molecular complexity index is 1620. The fraction of sp³-hybridized carbons (Fsp3) is 0.0645. The average molecular weight is 526 g/mol. The summed E-state index contributed by atoms with van der Waals surface area (Å²) >= 11 is 0. The van der Waals surface area contributed by atoms with Crippen LogP contribution in [0.1, 0.15) is 22.5 Å². The topological polar surface area (TPSA) is 61.0 Å². The predicted molar refractivity (Wildman–Crippen MR) is 146 cm³/mol. The molecule has 0 fully saturated rings. The van der Waals surface area contributed by atoms with Crippen molar-refractivity contribution in [2.45, 2.75) is 12.7 Å². The van der Waals surface area contributed by atoms with E-state index in [2.05, 4.69) is 0 Å². The van der Waals surface area contributed by atoms with Gasteiger partial charge in [-0.2, -0.15) is 13.2 Å². The Kier molecular flexibility index (Phi) is 7.10. The first-order valence-corrected chi connectivity index (χ1v) is 12.1. The van der Waals surface area contributed by atoms with Crippen molar-refractivity contribution in [1.29, 1.82) is 0 Å². The molecule has 194 valence electrons. The lowest BCUT2D eigenvalue weighted by Crippen LogP contribution is -2.04. The lowest BCUT2D eigenvalue weighted by Gasteiger charge is -2.09. The van der Waals surface area contributed by atoms with E-state index in [0.29, 0.717) is 23.5 Å². The van der Waals surface area contributed by atoms with Crippen LogP contribution in [-0.2, 0) is 12.7 Å². The van der Waals surface area contributed by atoms with Crippen LogP contribution in [0.4, 0.5) is 18.9 Å². The maximum atomic E-state index is 13.1. The molecule has 0 aliphatic rings. The molecule has 1 heterocycles. The normalized spacial score (nSPS) is 11.7. The van der Waals surface area contributed by atoms with Gasteiger partial charge < -0.3 is 4.57 Å². The van der Waals surface area contributed by atoms with Gasteiger partial charge in [-0.15, -0.1) is 0 Å². The molecule has 0 aliphatic heterocycles. The number of non-ortho nitro benzene ring substituents is 1. The van der Waals surface area contributed by atoms with E-state index in [4.69, 9.17) is 4.98 Å². The fourth-order valence-corrected chi connectivity index (χ4v) is 4.19. The summed E-state index contributed by atoms with van der Waals surface area (Å²) in [7, 11) is 0. The second-order valence-electron chi connectivity index (χ2n) is 8.94. The number of hydrogen-bond donors (Lipinski definition) is 0. The van der Waals surface area contributed by atoms with E-state index in [0.717, 1.165) is 34.5 Å². The Balaban J connectivity index is 1.41. The molecule has 0 spiro atoms. The number of nitrogens with zero attached hydrogens (tertiary/aromatic N) is 3. The molecule has 5 aromatic rings. The van der Waals surface area contributed by atoms with E-state index in [1.165, 1.54) is 18.2 Å². The highest BCUT2D eigenvalue weighted by Crippen LogP contribution is 2.32. The molecule has 1 aromatic heterocycles. The molecule has 0 atom stereocenters. The Morgan fingerprint density at radius 3 is 2.15 bits per heavy atom. The van der Waals surface area contributed by atoms with Crippen LogP contribution in [0.2, 0.25) is 0 Å². The van der Waals surface area contributed by atoms with Crippen LogP contribution in [-0.4, -0.2) is 14.5 Å². The van der Waals surface area contributed by atoms with Gasteiger partial charge in [-0.25, -0.2) is 4.98 Å². The molecule has 4 aromatic carbocycles. The lowest BCUT2D eigenvalue weighted by atomic mass is 10.0. The minimum Gasteiger partial charge on any atom is -0.326 e. The van der Waals surface area contributed by atoms with Gasteiger partial charge in [0.05, 0.1) is 16.2 Å². The van der Waals surface area contributed by atoms with Gasteiger partial charge in [0, 0.05) is 30.4 Å². The van der Waals surface area contributed by atoms with Gasteiger partial charge in [0.2, 0.25) is 0 Å². The maximum absolute atomic E-state index is 13.1. The smallest absolute Gasteiger partial charge is 0.326 e. The first kappa shape index (κ1) is 25.7. The average Bonchev–Trinajstić information content (AvgIpc) is 3.35. The molecule has 0 radical (unpaired) electrons. The minimum absolute atomic E-state index is 0.0306. The van der Waals surface area contributed by atoms with Crippen molar-refractivity contribution < 1.29 is 18.1 Å². The third-order valence-corrected chi connectivity index (χ3v) is 6.24. The zero-order valence-corrected chi connectivity index (χ0v) is 20.5. The molecule has 0 saturated heterocycles. The summed E-state index contributed by atoms with van der Waals surface area (Å²) in [6, 6.07) is 28.7. The molecule has 0 N–H and O–H groups in total. The van der Waals surface area contributed by atoms with Crippen LogP contribution >= 0.6 is 0 Å². The Hall–Kier alpha value is -4.98. The molecule has 0 saturated carbocycles. The van der Waals surface area contributed by atoms with Crippen LogP contribution in [0.5, 0.6) is 0 Å². The summed E-state index contributed by atoms with van der Waals surface area (Å²) in [5.41, 5.74) is 4.02. The van der Waals surface area contributed by atoms with Crippen LogP contribution in [0.3, 0.4) is 0 Å². The zero-order chi connectivity index (χ0) is 27.4. The van der Waals surface area contributed by atoms with Crippen molar-refractivity contribution in [3.63, 3.8) is 0 Å². The second-order valence-corrected chi connectivity index (χ2v) is 8.94. The van der Waals surface area contributed by atoms with Crippen LogP contribution < -0.4 is 0 Å². The van der Waals surface area contributed by atoms with E-state index >= 15 is 0 Å². The van der Waals surface area contributed by atoms with Gasteiger partial charge in [0.15, 0.2) is 0 Å². The molecule has 39 heavy (non-hydrogen) atoms. The quantitative estimate of drug-likeness (QED) is 0.158. The number of aromatic nitrogens is 2. The van der Waals surface area contributed by atoms with E-state index in [1.54, 1.807) is 30.3 Å². The Labute approximate surface area is 222 Å². The standard InChI is InChI=1S/C31H22F3N3O2/c32-31(33,34)27-8-4-7-26(19-27)24-14-9-22(10-15-24)13-18-30-35-29(25-5-2-1-3-6-25)21-36(30)20-23-11-16-28(17-12-23)37(38)39/h1-19,21H,20H2. The largest absolute Gasteiger partial charge is 0.416 e. The van der Waals surface area contributed by atoms with Gasteiger partial charge in [-0.3, -0.25) is 10.1 Å². The molecule has 5 nitrogen and oxygen atoms in total. The number of halogens is 3. The summed E-state index contributed by atoms with van der Waals surface area (Å²) in [4.78, 5) is 15.4. The summed E-state index contributed by atoms with van der Waals surface area (Å²) in [6.07, 6.45) is 1.30. The number of benzene rings is 4. The lowest BCUT2D eigenvalue weighted by molar-refractivity contribution is -0.384. The summed E-state index contributed by atoms with van der Waals surface area (Å²) in [6.45, 7) is 0.464. The van der Waals surface area contributed by atoms with Crippen LogP contribution in [0.15, 0.2) is 109 Å². The van der Waals surface area contributed by atoms with Gasteiger partial charge in [0.25, 0.3) is 5.69 Å². The van der Waals surface area contributed by atoms with Crippen molar-refractivity contribution in [1.82, 2.24) is 9.55 Å². The van der Waals surface area contributed by atoms with Gasteiger partial charge in [-0.1, -0.05) is 84.9 Å². The van der Waals surface area contributed by atoms with Crippen molar-refractivity contribution >= 4 is 17.8 Å². The summed E-state index contributed by atoms with van der Waals surface area (Å²) < 4.78 is 41.3. The predicted octanol–water partition coefficient (Wildman–Crippen LogP) is 8.36. The van der Waals surface area contributed by atoms with E-state index in [9.17, 15) is 23.3 Å². The number of imidazole rings is 1. The number of nitro benzene ring substituents is 1. The SMILES string of the molecule is O=[N+]([O-])c1ccc(Cn2cc(-c3ccccc3)nc2C=Cc2ccc(-c3cccc(C(F)(F)F)c3)cc2)cc1. The summed E-state index contributed by atoms with van der Waals surface area (Å²) in [5, 5.41) is 11.0.